The summed E-state index contributed by atoms with van der Waals surface area (Å²) in [5.74, 6) is 1.88. The Morgan fingerprint density at radius 1 is 1.03 bits per heavy atom. The van der Waals surface area contributed by atoms with Crippen molar-refractivity contribution in [3.63, 3.8) is 0 Å². The van der Waals surface area contributed by atoms with E-state index in [0.717, 1.165) is 64.1 Å². The summed E-state index contributed by atoms with van der Waals surface area (Å²) in [6.07, 6.45) is 1.61. The fourth-order valence-electron chi connectivity index (χ4n) is 4.46. The summed E-state index contributed by atoms with van der Waals surface area (Å²) in [7, 11) is 1.71. The van der Waals surface area contributed by atoms with Crippen molar-refractivity contribution in [3.8, 4) is 5.75 Å². The zero-order chi connectivity index (χ0) is 22.1. The van der Waals surface area contributed by atoms with E-state index in [1.807, 2.05) is 30.0 Å². The number of para-hydroxylation sites is 2. The van der Waals surface area contributed by atoms with Crippen LogP contribution in [0.2, 0.25) is 0 Å². The number of carbonyl (C=O) groups is 1. The van der Waals surface area contributed by atoms with E-state index in [1.54, 1.807) is 13.4 Å². The highest BCUT2D eigenvalue weighted by Gasteiger charge is 2.27. The molecule has 0 N–H and O–H groups in total. The van der Waals surface area contributed by atoms with Crippen molar-refractivity contribution in [2.45, 2.75) is 6.92 Å². The highest BCUT2D eigenvalue weighted by atomic mass is 32.1. The number of aromatic nitrogens is 2. The Hall–Kier alpha value is -2.91. The number of methoxy groups -OCH3 is 1. The predicted octanol–water partition coefficient (Wildman–Crippen LogP) is 2.81. The number of hydrogen-bond acceptors (Lipinski definition) is 8. The van der Waals surface area contributed by atoms with Crippen LogP contribution in [0.3, 0.4) is 0 Å². The van der Waals surface area contributed by atoms with Gasteiger partial charge in [-0.2, -0.15) is 0 Å². The molecule has 2 saturated heterocycles. The molecular formula is C23H27N5O3S. The van der Waals surface area contributed by atoms with Crippen molar-refractivity contribution >= 4 is 39.0 Å². The van der Waals surface area contributed by atoms with Crippen LogP contribution in [0.25, 0.3) is 10.2 Å². The maximum atomic E-state index is 13.1. The molecule has 2 aromatic heterocycles. The fourth-order valence-corrected chi connectivity index (χ4v) is 5.57. The normalized spacial score (nSPS) is 17.1. The molecule has 4 heterocycles. The molecule has 0 spiro atoms. The zero-order valence-corrected chi connectivity index (χ0v) is 19.2. The van der Waals surface area contributed by atoms with E-state index in [1.165, 1.54) is 11.3 Å². The van der Waals surface area contributed by atoms with E-state index in [9.17, 15) is 4.79 Å². The lowest BCUT2D eigenvalue weighted by atomic mass is 10.1. The monoisotopic (exact) mass is 453 g/mol. The number of amides is 1. The van der Waals surface area contributed by atoms with Gasteiger partial charge in [0.05, 0.1) is 36.3 Å². The zero-order valence-electron chi connectivity index (χ0n) is 18.4. The SMILES string of the molecule is COc1ccccc1N1CCN(c2ncnc3sc(C(=O)N4CCOCC4)c(C)c23)CC1. The van der Waals surface area contributed by atoms with Crippen LogP contribution in [-0.2, 0) is 4.74 Å². The third-order valence-electron chi connectivity index (χ3n) is 6.20. The second kappa shape index (κ2) is 8.91. The first-order valence-corrected chi connectivity index (χ1v) is 11.7. The molecule has 9 heteroatoms. The molecule has 0 bridgehead atoms. The number of aryl methyl sites for hydroxylation is 1. The smallest absolute Gasteiger partial charge is 0.264 e. The van der Waals surface area contributed by atoms with Gasteiger partial charge in [-0.05, 0) is 24.6 Å². The van der Waals surface area contributed by atoms with E-state index in [4.69, 9.17) is 9.47 Å². The molecule has 0 aliphatic carbocycles. The summed E-state index contributed by atoms with van der Waals surface area (Å²) in [4.78, 5) is 30.4. The minimum atomic E-state index is 0.0701. The Morgan fingerprint density at radius 2 is 1.75 bits per heavy atom. The van der Waals surface area contributed by atoms with Crippen molar-refractivity contribution in [1.82, 2.24) is 14.9 Å². The molecule has 1 aromatic carbocycles. The molecule has 0 radical (unpaired) electrons. The van der Waals surface area contributed by atoms with E-state index >= 15 is 0 Å². The first-order valence-electron chi connectivity index (χ1n) is 10.9. The van der Waals surface area contributed by atoms with Crippen LogP contribution in [0, 0.1) is 6.92 Å². The maximum absolute atomic E-state index is 13.1. The van der Waals surface area contributed by atoms with E-state index in [0.29, 0.717) is 26.3 Å². The average Bonchev–Trinajstić information content (AvgIpc) is 3.20. The molecule has 8 nitrogen and oxygen atoms in total. The molecule has 0 saturated carbocycles. The summed E-state index contributed by atoms with van der Waals surface area (Å²) in [5.41, 5.74) is 2.09. The molecule has 32 heavy (non-hydrogen) atoms. The van der Waals surface area contributed by atoms with Gasteiger partial charge in [-0.3, -0.25) is 4.79 Å². The van der Waals surface area contributed by atoms with Crippen molar-refractivity contribution in [1.29, 1.82) is 0 Å². The third kappa shape index (κ3) is 3.75. The van der Waals surface area contributed by atoms with Gasteiger partial charge >= 0.3 is 0 Å². The van der Waals surface area contributed by atoms with E-state index in [2.05, 4.69) is 25.8 Å². The first-order chi connectivity index (χ1) is 15.7. The summed E-state index contributed by atoms with van der Waals surface area (Å²) in [6, 6.07) is 8.13. The highest BCUT2D eigenvalue weighted by molar-refractivity contribution is 7.20. The number of benzene rings is 1. The predicted molar refractivity (Wildman–Crippen MR) is 126 cm³/mol. The van der Waals surface area contributed by atoms with E-state index in [-0.39, 0.29) is 5.91 Å². The standard InChI is InChI=1S/C23H27N5O3S/c1-16-19-21(27-9-7-26(8-10-27)17-5-3-4-6-18(17)30-2)24-15-25-22(19)32-20(16)23(29)28-11-13-31-14-12-28/h3-6,15H,7-14H2,1-2H3. The molecule has 1 amide bonds. The van der Waals surface area contributed by atoms with Crippen molar-refractivity contribution < 1.29 is 14.3 Å². The minimum Gasteiger partial charge on any atom is -0.495 e. The average molecular weight is 454 g/mol. The van der Waals surface area contributed by atoms with Crippen LogP contribution >= 0.6 is 11.3 Å². The molecule has 168 valence electrons. The maximum Gasteiger partial charge on any atom is 0.264 e. The van der Waals surface area contributed by atoms with Gasteiger partial charge < -0.3 is 24.2 Å². The summed E-state index contributed by atoms with van der Waals surface area (Å²) >= 11 is 1.47. The molecule has 0 atom stereocenters. The van der Waals surface area contributed by atoms with Crippen LogP contribution in [0.5, 0.6) is 5.75 Å². The van der Waals surface area contributed by atoms with Gasteiger partial charge in [-0.25, -0.2) is 9.97 Å². The van der Waals surface area contributed by atoms with Gasteiger partial charge in [0, 0.05) is 39.3 Å². The Bertz CT molecular complexity index is 1120. The third-order valence-corrected chi connectivity index (χ3v) is 7.39. The van der Waals surface area contributed by atoms with Crippen LogP contribution in [0.4, 0.5) is 11.5 Å². The molecule has 3 aromatic rings. The lowest BCUT2D eigenvalue weighted by Gasteiger charge is -2.37. The van der Waals surface area contributed by atoms with E-state index < -0.39 is 0 Å². The van der Waals surface area contributed by atoms with Gasteiger partial charge in [-0.15, -0.1) is 11.3 Å². The van der Waals surface area contributed by atoms with Gasteiger partial charge in [0.1, 0.15) is 22.7 Å². The van der Waals surface area contributed by atoms with Crippen molar-refractivity contribution in [2.75, 3.05) is 69.4 Å². The number of carbonyl (C=O) groups excluding carboxylic acids is 1. The van der Waals surface area contributed by atoms with Crippen LogP contribution < -0.4 is 14.5 Å². The quantitative estimate of drug-likeness (QED) is 0.602. The summed E-state index contributed by atoms with van der Waals surface area (Å²) < 4.78 is 10.9. The number of piperazine rings is 1. The van der Waals surface area contributed by atoms with Crippen LogP contribution in [0.1, 0.15) is 15.2 Å². The molecule has 0 unspecified atom stereocenters. The number of nitrogens with zero attached hydrogens (tertiary/aromatic N) is 5. The van der Waals surface area contributed by atoms with Gasteiger partial charge in [0.15, 0.2) is 0 Å². The Morgan fingerprint density at radius 3 is 2.50 bits per heavy atom. The molecule has 2 aliphatic rings. The van der Waals surface area contributed by atoms with Gasteiger partial charge in [0.25, 0.3) is 5.91 Å². The number of fused-ring (bicyclic) bond motifs is 1. The largest absolute Gasteiger partial charge is 0.495 e. The molecule has 2 fully saturated rings. The minimum absolute atomic E-state index is 0.0701. The highest BCUT2D eigenvalue weighted by Crippen LogP contribution is 2.36. The van der Waals surface area contributed by atoms with Crippen LogP contribution in [-0.4, -0.2) is 80.4 Å². The number of morpholine rings is 1. The first kappa shape index (κ1) is 21.0. The van der Waals surface area contributed by atoms with Crippen molar-refractivity contribution in [2.24, 2.45) is 0 Å². The fraction of sp³-hybridized carbons (Fsp3) is 0.435. The van der Waals surface area contributed by atoms with Gasteiger partial charge in [0.2, 0.25) is 0 Å². The second-order valence-electron chi connectivity index (χ2n) is 7.98. The Balaban J connectivity index is 1.39. The van der Waals surface area contributed by atoms with Gasteiger partial charge in [-0.1, -0.05) is 12.1 Å². The number of ether oxygens (including phenoxy) is 2. The van der Waals surface area contributed by atoms with Crippen LogP contribution in [0.15, 0.2) is 30.6 Å². The molecular weight excluding hydrogens is 426 g/mol. The topological polar surface area (TPSA) is 71.0 Å². The Kier molecular flexibility index (Phi) is 5.84. The van der Waals surface area contributed by atoms with Crippen molar-refractivity contribution in [3.05, 3.63) is 41.0 Å². The number of anilines is 2. The summed E-state index contributed by atoms with van der Waals surface area (Å²) in [6.45, 7) is 7.90. The molecule has 5 rings (SSSR count). The lowest BCUT2D eigenvalue weighted by molar-refractivity contribution is 0.0306. The number of hydrogen-bond donors (Lipinski definition) is 0. The Labute approximate surface area is 191 Å². The summed E-state index contributed by atoms with van der Waals surface area (Å²) in [5, 5.41) is 1.000. The molecule has 2 aliphatic heterocycles. The number of thiophene rings is 1. The second-order valence-corrected chi connectivity index (χ2v) is 8.98. The lowest BCUT2D eigenvalue weighted by Crippen LogP contribution is -2.47. The number of rotatable bonds is 4.